The number of hydrogen-bond acceptors (Lipinski definition) is 3. The summed E-state index contributed by atoms with van der Waals surface area (Å²) >= 11 is 0. The highest BCUT2D eigenvalue weighted by Gasteiger charge is 2.21. The number of nitrogens with one attached hydrogen (secondary N) is 2. The van der Waals surface area contributed by atoms with Crippen LogP contribution in [0.15, 0.2) is 48.5 Å². The minimum Gasteiger partial charge on any atom is -0.339 e. The van der Waals surface area contributed by atoms with Gasteiger partial charge in [-0.15, -0.1) is 0 Å². The maximum absolute atomic E-state index is 12.2. The summed E-state index contributed by atoms with van der Waals surface area (Å²) < 4.78 is 0. The van der Waals surface area contributed by atoms with Crippen molar-refractivity contribution in [3.05, 3.63) is 59.7 Å². The largest absolute Gasteiger partial charge is 0.339 e. The van der Waals surface area contributed by atoms with Gasteiger partial charge in [-0.1, -0.05) is 61.9 Å². The molecule has 138 valence electrons. The Hall–Kier alpha value is -2.17. The molecule has 0 radical (unpaired) electrons. The van der Waals surface area contributed by atoms with Crippen molar-refractivity contribution in [1.29, 1.82) is 0 Å². The van der Waals surface area contributed by atoms with Crippen LogP contribution in [0, 0.1) is 0 Å². The molecular weight excluding hydrogens is 322 g/mol. The summed E-state index contributed by atoms with van der Waals surface area (Å²) in [5.41, 5.74) is 11.0. The lowest BCUT2D eigenvalue weighted by Gasteiger charge is -2.24. The Bertz CT molecular complexity index is 703. The van der Waals surface area contributed by atoms with Gasteiger partial charge in [0, 0.05) is 6.42 Å². The first-order valence-corrected chi connectivity index (χ1v) is 9.63. The zero-order valence-electron chi connectivity index (χ0n) is 15.5. The average Bonchev–Trinajstić information content (AvgIpc) is 2.69. The summed E-state index contributed by atoms with van der Waals surface area (Å²) in [6.07, 6.45) is 4.46. The van der Waals surface area contributed by atoms with E-state index in [1.54, 1.807) is 0 Å². The molecule has 1 amide bonds. The number of rotatable bonds is 6. The molecule has 0 aliphatic carbocycles. The minimum atomic E-state index is -0.360. The third kappa shape index (κ3) is 4.93. The molecule has 1 fully saturated rings. The number of carbonyl (C=O) groups excluding carboxylic acids is 1. The van der Waals surface area contributed by atoms with Crippen molar-refractivity contribution >= 4 is 5.91 Å². The van der Waals surface area contributed by atoms with Gasteiger partial charge >= 0.3 is 0 Å². The van der Waals surface area contributed by atoms with Crippen LogP contribution in [-0.4, -0.2) is 24.7 Å². The SMILES string of the molecule is CCc1ccc(-c2ccc(C[C@@H](N)NC(=O)[C@@H]3CCCCN3)cc2)cc1. The van der Waals surface area contributed by atoms with Crippen molar-refractivity contribution < 1.29 is 4.79 Å². The van der Waals surface area contributed by atoms with E-state index in [0.717, 1.165) is 37.8 Å². The summed E-state index contributed by atoms with van der Waals surface area (Å²) in [4.78, 5) is 12.2. The number of aryl methyl sites for hydroxylation is 1. The first kappa shape index (κ1) is 18.6. The minimum absolute atomic E-state index is 0.0184. The van der Waals surface area contributed by atoms with E-state index in [0.29, 0.717) is 6.42 Å². The number of piperidine rings is 1. The number of benzene rings is 2. The fraction of sp³-hybridized carbons (Fsp3) is 0.409. The molecule has 0 saturated carbocycles. The number of nitrogens with two attached hydrogens (primary N) is 1. The van der Waals surface area contributed by atoms with Gasteiger partial charge in [0.1, 0.15) is 0 Å². The Balaban J connectivity index is 1.55. The molecule has 2 atom stereocenters. The van der Waals surface area contributed by atoms with Crippen LogP contribution in [0.5, 0.6) is 0 Å². The number of amides is 1. The van der Waals surface area contributed by atoms with E-state index in [1.165, 1.54) is 16.7 Å². The van der Waals surface area contributed by atoms with Crippen molar-refractivity contribution in [2.24, 2.45) is 5.73 Å². The quantitative estimate of drug-likeness (QED) is 0.701. The Labute approximate surface area is 156 Å². The summed E-state index contributed by atoms with van der Waals surface area (Å²) in [6, 6.07) is 17.0. The van der Waals surface area contributed by atoms with Gasteiger partial charge in [-0.25, -0.2) is 0 Å². The number of hydrogen-bond donors (Lipinski definition) is 3. The van der Waals surface area contributed by atoms with Crippen LogP contribution in [0.3, 0.4) is 0 Å². The highest BCUT2D eigenvalue weighted by molar-refractivity contribution is 5.82. The van der Waals surface area contributed by atoms with Crippen LogP contribution in [-0.2, 0) is 17.6 Å². The summed E-state index contributed by atoms with van der Waals surface area (Å²) in [6.45, 7) is 3.07. The molecule has 4 N–H and O–H groups in total. The van der Waals surface area contributed by atoms with Gasteiger partial charge in [0.05, 0.1) is 12.2 Å². The second-order valence-electron chi connectivity index (χ2n) is 7.07. The van der Waals surface area contributed by atoms with Crippen molar-refractivity contribution in [1.82, 2.24) is 10.6 Å². The highest BCUT2D eigenvalue weighted by atomic mass is 16.2. The lowest BCUT2D eigenvalue weighted by atomic mass is 10.0. The summed E-state index contributed by atoms with van der Waals surface area (Å²) in [5, 5.41) is 6.19. The molecule has 4 heteroatoms. The second kappa shape index (κ2) is 8.97. The van der Waals surface area contributed by atoms with Crippen molar-refractivity contribution in [3.63, 3.8) is 0 Å². The number of carbonyl (C=O) groups is 1. The third-order valence-electron chi connectivity index (χ3n) is 5.06. The van der Waals surface area contributed by atoms with Crippen LogP contribution in [0.25, 0.3) is 11.1 Å². The summed E-state index contributed by atoms with van der Waals surface area (Å²) in [7, 11) is 0. The molecule has 26 heavy (non-hydrogen) atoms. The lowest BCUT2D eigenvalue weighted by molar-refractivity contribution is -0.124. The van der Waals surface area contributed by atoms with E-state index >= 15 is 0 Å². The average molecular weight is 351 g/mol. The molecule has 1 saturated heterocycles. The topological polar surface area (TPSA) is 67.1 Å². The molecule has 4 nitrogen and oxygen atoms in total. The molecule has 1 heterocycles. The monoisotopic (exact) mass is 351 g/mol. The van der Waals surface area contributed by atoms with Gasteiger partial charge in [-0.05, 0) is 48.1 Å². The first-order valence-electron chi connectivity index (χ1n) is 9.63. The fourth-order valence-corrected chi connectivity index (χ4v) is 3.43. The normalized spacial score (nSPS) is 18.3. The maximum atomic E-state index is 12.2. The molecule has 3 rings (SSSR count). The predicted molar refractivity (Wildman–Crippen MR) is 107 cm³/mol. The second-order valence-corrected chi connectivity index (χ2v) is 7.07. The third-order valence-corrected chi connectivity index (χ3v) is 5.06. The van der Waals surface area contributed by atoms with E-state index < -0.39 is 0 Å². The van der Waals surface area contributed by atoms with E-state index in [9.17, 15) is 4.79 Å². The molecule has 0 spiro atoms. The van der Waals surface area contributed by atoms with E-state index in [-0.39, 0.29) is 18.1 Å². The Morgan fingerprint density at radius 2 is 1.69 bits per heavy atom. The molecule has 0 aromatic heterocycles. The molecule has 1 aliphatic heterocycles. The summed E-state index contributed by atoms with van der Waals surface area (Å²) in [5.74, 6) is 0.0184. The molecule has 0 unspecified atom stereocenters. The highest BCUT2D eigenvalue weighted by Crippen LogP contribution is 2.21. The van der Waals surface area contributed by atoms with Gasteiger partial charge in [0.25, 0.3) is 0 Å². The molecule has 1 aliphatic rings. The smallest absolute Gasteiger partial charge is 0.238 e. The van der Waals surface area contributed by atoms with Crippen LogP contribution >= 0.6 is 0 Å². The van der Waals surface area contributed by atoms with E-state index in [2.05, 4.69) is 66.1 Å². The Kier molecular flexibility index (Phi) is 6.42. The van der Waals surface area contributed by atoms with Gasteiger partial charge in [0.15, 0.2) is 0 Å². The van der Waals surface area contributed by atoms with Gasteiger partial charge in [0.2, 0.25) is 5.91 Å². The fourth-order valence-electron chi connectivity index (χ4n) is 3.43. The van der Waals surface area contributed by atoms with Crippen molar-refractivity contribution in [3.8, 4) is 11.1 Å². The van der Waals surface area contributed by atoms with Crippen molar-refractivity contribution in [2.75, 3.05) is 6.54 Å². The zero-order chi connectivity index (χ0) is 18.4. The molecule has 2 aromatic rings. The van der Waals surface area contributed by atoms with E-state index in [1.807, 2.05) is 0 Å². The Morgan fingerprint density at radius 3 is 2.23 bits per heavy atom. The predicted octanol–water partition coefficient (Wildman–Crippen LogP) is 3.00. The first-order chi connectivity index (χ1) is 12.7. The lowest BCUT2D eigenvalue weighted by Crippen LogP contribution is -2.52. The van der Waals surface area contributed by atoms with Gasteiger partial charge in [-0.3, -0.25) is 4.79 Å². The van der Waals surface area contributed by atoms with Gasteiger partial charge < -0.3 is 16.4 Å². The van der Waals surface area contributed by atoms with E-state index in [4.69, 9.17) is 5.73 Å². The standard InChI is InChI=1S/C22H29N3O/c1-2-16-6-10-18(11-7-16)19-12-8-17(9-13-19)15-21(23)25-22(26)20-5-3-4-14-24-20/h6-13,20-21,24H,2-5,14-15,23H2,1H3,(H,25,26)/t20-,21-/m0/s1. The molecular formula is C22H29N3O. The van der Waals surface area contributed by atoms with Crippen molar-refractivity contribution in [2.45, 2.75) is 51.2 Å². The van der Waals surface area contributed by atoms with Crippen LogP contribution in [0.4, 0.5) is 0 Å². The molecule has 0 bridgehead atoms. The van der Waals surface area contributed by atoms with Crippen LogP contribution in [0.2, 0.25) is 0 Å². The zero-order valence-corrected chi connectivity index (χ0v) is 15.5. The maximum Gasteiger partial charge on any atom is 0.238 e. The molecule has 2 aromatic carbocycles. The van der Waals surface area contributed by atoms with Gasteiger partial charge in [-0.2, -0.15) is 0 Å². The van der Waals surface area contributed by atoms with Crippen LogP contribution < -0.4 is 16.4 Å². The van der Waals surface area contributed by atoms with Crippen LogP contribution in [0.1, 0.15) is 37.3 Å². The Morgan fingerprint density at radius 1 is 1.08 bits per heavy atom.